The molecule has 0 saturated heterocycles. The van der Waals surface area contributed by atoms with Gasteiger partial charge in [-0.15, -0.1) is 0 Å². The van der Waals surface area contributed by atoms with E-state index in [4.69, 9.17) is 5.11 Å². The Kier molecular flexibility index (Phi) is 5.27. The maximum Gasteiger partial charge on any atom is 0.321 e. The number of nitrogens with one attached hydrogen (secondary N) is 1. The molecule has 5 nitrogen and oxygen atoms in total. The van der Waals surface area contributed by atoms with Gasteiger partial charge in [0.15, 0.2) is 0 Å². The Morgan fingerprint density at radius 2 is 1.75 bits per heavy atom. The summed E-state index contributed by atoms with van der Waals surface area (Å²) in [6.45, 7) is 3.81. The highest BCUT2D eigenvalue weighted by Gasteiger charge is 2.19. The summed E-state index contributed by atoms with van der Waals surface area (Å²) in [5.74, 6) is -0.925. The predicted octanol–water partition coefficient (Wildman–Crippen LogP) is 1.22. The van der Waals surface area contributed by atoms with Crippen molar-refractivity contribution in [3.05, 3.63) is 34.4 Å². The number of nitrogens with zero attached hydrogens (tertiary/aromatic N) is 1. The zero-order valence-corrected chi connectivity index (χ0v) is 12.7. The molecule has 1 aromatic rings. The van der Waals surface area contributed by atoms with Crippen LogP contribution >= 0.6 is 0 Å². The Labute approximate surface area is 119 Å². The molecular weight excluding hydrogens is 256 g/mol. The van der Waals surface area contributed by atoms with Crippen molar-refractivity contribution < 1.29 is 14.7 Å². The second-order valence-electron chi connectivity index (χ2n) is 5.17. The Hall–Kier alpha value is -1.88. The van der Waals surface area contributed by atoms with Crippen LogP contribution in [0.15, 0.2) is 12.1 Å². The number of carbonyl (C=O) groups is 2. The highest BCUT2D eigenvalue weighted by atomic mass is 16.4. The number of carbonyl (C=O) groups excluding carboxylic acids is 1. The number of carboxylic acid groups (broad SMARTS) is 1. The lowest BCUT2D eigenvalue weighted by molar-refractivity contribution is -0.139. The Balaban J connectivity index is 3.12. The molecule has 110 valence electrons. The van der Waals surface area contributed by atoms with Crippen molar-refractivity contribution in [3.8, 4) is 0 Å². The van der Waals surface area contributed by atoms with E-state index in [9.17, 15) is 9.59 Å². The van der Waals surface area contributed by atoms with Gasteiger partial charge in [-0.05, 0) is 56.1 Å². The smallest absolute Gasteiger partial charge is 0.321 e. The number of hydrogen-bond donors (Lipinski definition) is 2. The maximum atomic E-state index is 12.0. The van der Waals surface area contributed by atoms with E-state index in [0.717, 1.165) is 16.7 Å². The molecule has 0 bridgehead atoms. The lowest BCUT2D eigenvalue weighted by Gasteiger charge is -2.18. The summed E-state index contributed by atoms with van der Waals surface area (Å²) in [7, 11) is 5.05. The molecule has 1 rings (SSSR count). The van der Waals surface area contributed by atoms with Crippen LogP contribution in [0.1, 0.15) is 27.0 Å². The van der Waals surface area contributed by atoms with Crippen molar-refractivity contribution in [1.82, 2.24) is 10.2 Å². The first-order valence-corrected chi connectivity index (χ1v) is 6.49. The number of amides is 1. The summed E-state index contributed by atoms with van der Waals surface area (Å²) < 4.78 is 0. The summed E-state index contributed by atoms with van der Waals surface area (Å²) in [4.78, 5) is 24.6. The van der Waals surface area contributed by atoms with Crippen LogP contribution in [0.3, 0.4) is 0 Å². The van der Waals surface area contributed by atoms with E-state index in [1.54, 1.807) is 21.1 Å². The average molecular weight is 278 g/mol. The van der Waals surface area contributed by atoms with Crippen LogP contribution in [0.5, 0.6) is 0 Å². The fourth-order valence-corrected chi connectivity index (χ4v) is 2.21. The lowest BCUT2D eigenvalue weighted by atomic mass is 9.94. The third-order valence-corrected chi connectivity index (χ3v) is 3.40. The summed E-state index contributed by atoms with van der Waals surface area (Å²) in [6, 6.07) is 3.01. The molecule has 1 atom stereocenters. The molecule has 1 aromatic carbocycles. The van der Waals surface area contributed by atoms with Crippen molar-refractivity contribution >= 4 is 11.9 Å². The molecule has 20 heavy (non-hydrogen) atoms. The fourth-order valence-electron chi connectivity index (χ4n) is 2.21. The summed E-state index contributed by atoms with van der Waals surface area (Å²) in [6.07, 6.45) is 0.403. The minimum absolute atomic E-state index is 0.0499. The molecule has 1 unspecified atom stereocenters. The van der Waals surface area contributed by atoms with Gasteiger partial charge in [-0.25, -0.2) is 0 Å². The van der Waals surface area contributed by atoms with Crippen molar-refractivity contribution in [1.29, 1.82) is 0 Å². The highest BCUT2D eigenvalue weighted by Crippen LogP contribution is 2.19. The zero-order chi connectivity index (χ0) is 15.4. The van der Waals surface area contributed by atoms with E-state index >= 15 is 0 Å². The van der Waals surface area contributed by atoms with Crippen LogP contribution in [0.2, 0.25) is 0 Å². The molecule has 0 aliphatic carbocycles. The molecule has 0 heterocycles. The van der Waals surface area contributed by atoms with Crippen molar-refractivity contribution in [2.75, 3.05) is 21.1 Å². The number of likely N-dealkylation sites (N-methyl/N-ethyl adjacent to an activating group) is 1. The van der Waals surface area contributed by atoms with Gasteiger partial charge in [-0.3, -0.25) is 9.59 Å². The third-order valence-electron chi connectivity index (χ3n) is 3.40. The van der Waals surface area contributed by atoms with Crippen LogP contribution in [-0.2, 0) is 11.2 Å². The van der Waals surface area contributed by atoms with Gasteiger partial charge in [-0.2, -0.15) is 0 Å². The minimum Gasteiger partial charge on any atom is -0.480 e. The van der Waals surface area contributed by atoms with Gasteiger partial charge in [-0.1, -0.05) is 0 Å². The van der Waals surface area contributed by atoms with Crippen molar-refractivity contribution in [3.63, 3.8) is 0 Å². The first kappa shape index (κ1) is 16.2. The SMILES string of the molecule is CNC(Cc1c(C)cc(C(=O)N(C)C)cc1C)C(=O)O. The molecule has 0 aliphatic heterocycles. The van der Waals surface area contributed by atoms with Gasteiger partial charge in [0.2, 0.25) is 0 Å². The molecule has 0 fully saturated rings. The summed E-state index contributed by atoms with van der Waals surface area (Å²) >= 11 is 0. The summed E-state index contributed by atoms with van der Waals surface area (Å²) in [5.41, 5.74) is 3.49. The van der Waals surface area contributed by atoms with E-state index in [0.29, 0.717) is 12.0 Å². The minimum atomic E-state index is -0.875. The predicted molar refractivity (Wildman–Crippen MR) is 78.1 cm³/mol. The van der Waals surface area contributed by atoms with Gasteiger partial charge in [0.1, 0.15) is 6.04 Å². The number of benzene rings is 1. The molecule has 2 N–H and O–H groups in total. The highest BCUT2D eigenvalue weighted by molar-refractivity contribution is 5.94. The van der Waals surface area contributed by atoms with E-state index in [1.807, 2.05) is 26.0 Å². The second kappa shape index (κ2) is 6.52. The zero-order valence-electron chi connectivity index (χ0n) is 12.7. The first-order chi connectivity index (χ1) is 9.27. The standard InChI is InChI=1S/C15H22N2O3/c1-9-6-11(14(18)17(4)5)7-10(2)12(9)8-13(16-3)15(19)20/h6-7,13,16H,8H2,1-5H3,(H,19,20). The van der Waals surface area contributed by atoms with Crippen molar-refractivity contribution in [2.45, 2.75) is 26.3 Å². The number of rotatable bonds is 5. The molecular formula is C15H22N2O3. The van der Waals surface area contributed by atoms with E-state index in [1.165, 1.54) is 4.90 Å². The van der Waals surface area contributed by atoms with E-state index in [2.05, 4.69) is 5.32 Å². The molecule has 5 heteroatoms. The second-order valence-corrected chi connectivity index (χ2v) is 5.17. The number of hydrogen-bond acceptors (Lipinski definition) is 3. The largest absolute Gasteiger partial charge is 0.480 e. The Morgan fingerprint density at radius 3 is 2.10 bits per heavy atom. The molecule has 0 saturated carbocycles. The van der Waals surface area contributed by atoms with E-state index < -0.39 is 12.0 Å². The molecule has 0 spiro atoms. The molecule has 0 aliphatic rings. The van der Waals surface area contributed by atoms with Gasteiger partial charge in [0.05, 0.1) is 0 Å². The lowest BCUT2D eigenvalue weighted by Crippen LogP contribution is -2.36. The van der Waals surface area contributed by atoms with Crippen molar-refractivity contribution in [2.24, 2.45) is 0 Å². The Morgan fingerprint density at radius 1 is 1.25 bits per heavy atom. The van der Waals surface area contributed by atoms with Gasteiger partial charge < -0.3 is 15.3 Å². The third kappa shape index (κ3) is 3.57. The fraction of sp³-hybridized carbons (Fsp3) is 0.467. The normalized spacial score (nSPS) is 12.1. The summed E-state index contributed by atoms with van der Waals surface area (Å²) in [5, 5.41) is 11.9. The number of aliphatic carboxylic acids is 1. The average Bonchev–Trinajstić information content (AvgIpc) is 2.36. The van der Waals surface area contributed by atoms with E-state index in [-0.39, 0.29) is 5.91 Å². The quantitative estimate of drug-likeness (QED) is 0.849. The van der Waals surface area contributed by atoms with Crippen LogP contribution in [0.25, 0.3) is 0 Å². The molecule has 0 aromatic heterocycles. The number of carboxylic acids is 1. The number of aryl methyl sites for hydroxylation is 2. The molecule has 1 amide bonds. The van der Waals surface area contributed by atoms with Gasteiger partial charge in [0, 0.05) is 19.7 Å². The van der Waals surface area contributed by atoms with Crippen LogP contribution < -0.4 is 5.32 Å². The van der Waals surface area contributed by atoms with Crippen LogP contribution in [0, 0.1) is 13.8 Å². The van der Waals surface area contributed by atoms with Crippen LogP contribution in [0.4, 0.5) is 0 Å². The van der Waals surface area contributed by atoms with Gasteiger partial charge in [0.25, 0.3) is 5.91 Å². The molecule has 0 radical (unpaired) electrons. The first-order valence-electron chi connectivity index (χ1n) is 6.49. The maximum absolute atomic E-state index is 12.0. The Bertz CT molecular complexity index is 501. The van der Waals surface area contributed by atoms with Crippen LogP contribution in [-0.4, -0.2) is 49.1 Å². The monoisotopic (exact) mass is 278 g/mol. The topological polar surface area (TPSA) is 69.6 Å². The van der Waals surface area contributed by atoms with Gasteiger partial charge >= 0.3 is 5.97 Å².